The summed E-state index contributed by atoms with van der Waals surface area (Å²) < 4.78 is 16.1. The molecule has 0 saturated carbocycles. The van der Waals surface area contributed by atoms with E-state index in [2.05, 4.69) is 5.32 Å². The summed E-state index contributed by atoms with van der Waals surface area (Å²) in [6.07, 6.45) is 2.68. The van der Waals surface area contributed by atoms with Crippen molar-refractivity contribution in [1.29, 1.82) is 0 Å². The van der Waals surface area contributed by atoms with Crippen molar-refractivity contribution in [3.05, 3.63) is 23.7 Å². The normalized spacial score (nSPS) is 13.0. The molecule has 1 aromatic rings. The van der Waals surface area contributed by atoms with E-state index in [0.29, 0.717) is 0 Å². The molecule has 0 aliphatic heterocycles. The average Bonchev–Trinajstić information content (AvgIpc) is 2.50. The lowest BCUT2D eigenvalue weighted by molar-refractivity contribution is 0.462. The summed E-state index contributed by atoms with van der Waals surface area (Å²) in [6.45, 7) is 3.58. The third kappa shape index (κ3) is 4.58. The average molecular weight is 215 g/mol. The number of aryl methyl sites for hydroxylation is 1. The van der Waals surface area contributed by atoms with Crippen molar-refractivity contribution < 1.29 is 8.63 Å². The zero-order valence-corrected chi connectivity index (χ0v) is 9.52. The Morgan fingerprint density at radius 1 is 1.50 bits per heavy atom. The zero-order chi connectivity index (χ0) is 10.4. The van der Waals surface area contributed by atoms with Gasteiger partial charge in [0.2, 0.25) is 0 Å². The topological polar surface area (TPSA) is 42.2 Å². The highest BCUT2D eigenvalue weighted by Crippen LogP contribution is 2.05. The van der Waals surface area contributed by atoms with E-state index in [-0.39, 0.29) is 0 Å². The van der Waals surface area contributed by atoms with Crippen LogP contribution in [0.25, 0.3) is 0 Å². The molecule has 0 aromatic carbocycles. The highest BCUT2D eigenvalue weighted by molar-refractivity contribution is 7.84. The Morgan fingerprint density at radius 2 is 2.29 bits per heavy atom. The van der Waals surface area contributed by atoms with Gasteiger partial charge in [-0.25, -0.2) is 0 Å². The predicted molar refractivity (Wildman–Crippen MR) is 58.7 cm³/mol. The lowest BCUT2D eigenvalue weighted by Crippen LogP contribution is -2.16. The summed E-state index contributed by atoms with van der Waals surface area (Å²) >= 11 is 0. The molecule has 1 atom stereocenters. The van der Waals surface area contributed by atoms with E-state index in [1.807, 2.05) is 19.1 Å². The minimum atomic E-state index is -0.673. The fourth-order valence-electron chi connectivity index (χ4n) is 1.19. The van der Waals surface area contributed by atoms with E-state index in [9.17, 15) is 4.21 Å². The molecule has 1 unspecified atom stereocenters. The minimum Gasteiger partial charge on any atom is -0.465 e. The minimum absolute atomic E-state index is 0.673. The fraction of sp³-hybridized carbons (Fsp3) is 0.600. The first-order chi connectivity index (χ1) is 6.68. The molecule has 80 valence electrons. The van der Waals surface area contributed by atoms with Crippen LogP contribution in [-0.2, 0) is 17.3 Å². The summed E-state index contributed by atoms with van der Waals surface area (Å²) in [5, 5.41) is 3.24. The Labute approximate surface area is 87.3 Å². The summed E-state index contributed by atoms with van der Waals surface area (Å²) in [6, 6.07) is 3.93. The molecule has 0 aliphatic carbocycles. The van der Waals surface area contributed by atoms with Crippen molar-refractivity contribution in [1.82, 2.24) is 5.32 Å². The van der Waals surface area contributed by atoms with Crippen LogP contribution >= 0.6 is 0 Å². The predicted octanol–water partition coefficient (Wildman–Crippen LogP) is 1.45. The van der Waals surface area contributed by atoms with Crippen LogP contribution in [0.4, 0.5) is 0 Å². The van der Waals surface area contributed by atoms with Crippen LogP contribution < -0.4 is 5.32 Å². The molecule has 1 rings (SSSR count). The molecule has 0 spiro atoms. The fourth-order valence-corrected chi connectivity index (χ4v) is 1.74. The standard InChI is InChI=1S/C10H17NO2S/c1-9-4-5-10(13-9)8-11-6-3-7-14(2)12/h4-5,11H,3,6-8H2,1-2H3. The number of rotatable bonds is 6. The molecule has 0 amide bonds. The van der Waals surface area contributed by atoms with Crippen molar-refractivity contribution in [2.75, 3.05) is 18.6 Å². The Hall–Kier alpha value is -0.610. The largest absolute Gasteiger partial charge is 0.465 e. The van der Waals surface area contributed by atoms with Gasteiger partial charge in [-0.2, -0.15) is 0 Å². The van der Waals surface area contributed by atoms with Crippen molar-refractivity contribution in [3.63, 3.8) is 0 Å². The highest BCUT2D eigenvalue weighted by atomic mass is 32.2. The second-order valence-electron chi connectivity index (χ2n) is 3.32. The van der Waals surface area contributed by atoms with Crippen LogP contribution in [0.1, 0.15) is 17.9 Å². The van der Waals surface area contributed by atoms with Gasteiger partial charge in [-0.15, -0.1) is 0 Å². The van der Waals surface area contributed by atoms with Crippen LogP contribution in [0.2, 0.25) is 0 Å². The first-order valence-corrected chi connectivity index (χ1v) is 6.47. The van der Waals surface area contributed by atoms with Crippen LogP contribution in [0.5, 0.6) is 0 Å². The summed E-state index contributed by atoms with van der Waals surface area (Å²) in [7, 11) is -0.673. The van der Waals surface area contributed by atoms with E-state index >= 15 is 0 Å². The molecule has 0 radical (unpaired) electrons. The molecule has 1 aromatic heterocycles. The summed E-state index contributed by atoms with van der Waals surface area (Å²) in [5.74, 6) is 2.67. The number of hydrogen-bond donors (Lipinski definition) is 1. The van der Waals surface area contributed by atoms with E-state index in [0.717, 1.165) is 36.8 Å². The van der Waals surface area contributed by atoms with E-state index in [1.54, 1.807) is 6.26 Å². The van der Waals surface area contributed by atoms with Gasteiger partial charge in [0.1, 0.15) is 11.5 Å². The molecule has 0 saturated heterocycles. The molecule has 3 nitrogen and oxygen atoms in total. The smallest absolute Gasteiger partial charge is 0.117 e. The molecular weight excluding hydrogens is 198 g/mol. The van der Waals surface area contributed by atoms with Crippen molar-refractivity contribution >= 4 is 10.8 Å². The van der Waals surface area contributed by atoms with E-state index < -0.39 is 10.8 Å². The molecular formula is C10H17NO2S. The third-order valence-corrected chi connectivity index (χ3v) is 2.74. The van der Waals surface area contributed by atoms with Crippen LogP contribution in [0, 0.1) is 6.92 Å². The van der Waals surface area contributed by atoms with Crippen molar-refractivity contribution in [2.24, 2.45) is 0 Å². The molecule has 0 bridgehead atoms. The van der Waals surface area contributed by atoms with Gasteiger partial charge >= 0.3 is 0 Å². The second kappa shape index (κ2) is 5.98. The number of nitrogens with one attached hydrogen (secondary N) is 1. The zero-order valence-electron chi connectivity index (χ0n) is 8.71. The second-order valence-corrected chi connectivity index (χ2v) is 4.87. The van der Waals surface area contributed by atoms with Gasteiger partial charge in [0.25, 0.3) is 0 Å². The molecule has 14 heavy (non-hydrogen) atoms. The lowest BCUT2D eigenvalue weighted by atomic mass is 10.4. The summed E-state index contributed by atoms with van der Waals surface area (Å²) in [5.41, 5.74) is 0. The van der Waals surface area contributed by atoms with Crippen molar-refractivity contribution in [3.8, 4) is 0 Å². The highest BCUT2D eigenvalue weighted by Gasteiger charge is 1.97. The summed E-state index contributed by atoms with van der Waals surface area (Å²) in [4.78, 5) is 0. The van der Waals surface area contributed by atoms with E-state index in [4.69, 9.17) is 4.42 Å². The van der Waals surface area contributed by atoms with Gasteiger partial charge in [-0.05, 0) is 32.0 Å². The SMILES string of the molecule is Cc1ccc(CNCCCS(C)=O)o1. The molecule has 0 aliphatic rings. The number of hydrogen-bond acceptors (Lipinski definition) is 3. The van der Waals surface area contributed by atoms with E-state index in [1.165, 1.54) is 0 Å². The van der Waals surface area contributed by atoms with Gasteiger partial charge in [0.05, 0.1) is 6.54 Å². The lowest BCUT2D eigenvalue weighted by Gasteiger charge is -2.00. The van der Waals surface area contributed by atoms with Gasteiger partial charge in [-0.1, -0.05) is 0 Å². The van der Waals surface area contributed by atoms with Crippen LogP contribution in [-0.4, -0.2) is 22.8 Å². The van der Waals surface area contributed by atoms with Gasteiger partial charge in [0.15, 0.2) is 0 Å². The van der Waals surface area contributed by atoms with Crippen LogP contribution in [0.15, 0.2) is 16.5 Å². The maximum atomic E-state index is 10.7. The Morgan fingerprint density at radius 3 is 2.86 bits per heavy atom. The molecule has 0 fully saturated rings. The Balaban J connectivity index is 2.07. The quantitative estimate of drug-likeness (QED) is 0.730. The Bertz CT molecular complexity index is 296. The molecule has 1 heterocycles. The Kier molecular flexibility index (Phi) is 4.90. The number of furan rings is 1. The third-order valence-electron chi connectivity index (χ3n) is 1.88. The van der Waals surface area contributed by atoms with Crippen molar-refractivity contribution in [2.45, 2.75) is 19.9 Å². The molecule has 4 heteroatoms. The maximum Gasteiger partial charge on any atom is 0.117 e. The van der Waals surface area contributed by atoms with Gasteiger partial charge < -0.3 is 9.73 Å². The van der Waals surface area contributed by atoms with Crippen LogP contribution in [0.3, 0.4) is 0 Å². The van der Waals surface area contributed by atoms with Gasteiger partial charge in [-0.3, -0.25) is 4.21 Å². The monoisotopic (exact) mass is 215 g/mol. The maximum absolute atomic E-state index is 10.7. The first-order valence-electron chi connectivity index (χ1n) is 4.74. The first kappa shape index (κ1) is 11.5. The molecule has 1 N–H and O–H groups in total. The van der Waals surface area contributed by atoms with Gasteiger partial charge in [0, 0.05) is 22.8 Å².